The van der Waals surface area contributed by atoms with Crippen molar-refractivity contribution in [3.8, 4) is 0 Å². The summed E-state index contributed by atoms with van der Waals surface area (Å²) in [5.74, 6) is -0.537. The zero-order valence-corrected chi connectivity index (χ0v) is 12.3. The van der Waals surface area contributed by atoms with Crippen molar-refractivity contribution in [2.24, 2.45) is 5.92 Å². The van der Waals surface area contributed by atoms with E-state index in [0.29, 0.717) is 10.7 Å². The molecule has 0 aromatic heterocycles. The lowest BCUT2D eigenvalue weighted by Crippen LogP contribution is -2.38. The van der Waals surface area contributed by atoms with E-state index in [4.69, 9.17) is 23.2 Å². The molecule has 0 saturated carbocycles. The smallest absolute Gasteiger partial charge is 0.244 e. The first-order chi connectivity index (χ1) is 8.95. The first-order valence-electron chi connectivity index (χ1n) is 5.81. The number of nitrogens with zero attached hydrogens (tertiary/aromatic N) is 1. The van der Waals surface area contributed by atoms with Crippen molar-refractivity contribution >= 4 is 40.7 Å². The van der Waals surface area contributed by atoms with E-state index in [-0.39, 0.29) is 30.2 Å². The number of alkyl halides is 1. The molecule has 19 heavy (non-hydrogen) atoms. The van der Waals surface area contributed by atoms with Crippen LogP contribution in [0.5, 0.6) is 0 Å². The molecule has 104 valence electrons. The Kier molecular flexibility index (Phi) is 6.12. The predicted octanol–water partition coefficient (Wildman–Crippen LogP) is 2.61. The largest absolute Gasteiger partial charge is 0.336 e. The van der Waals surface area contributed by atoms with Gasteiger partial charge < -0.3 is 10.2 Å². The van der Waals surface area contributed by atoms with Gasteiger partial charge in [0.25, 0.3) is 0 Å². The minimum Gasteiger partial charge on any atom is -0.336 e. The van der Waals surface area contributed by atoms with Crippen LogP contribution >= 0.6 is 23.2 Å². The van der Waals surface area contributed by atoms with Crippen LogP contribution in [0.25, 0.3) is 0 Å². The summed E-state index contributed by atoms with van der Waals surface area (Å²) in [6, 6.07) is 6.92. The quantitative estimate of drug-likeness (QED) is 0.850. The Labute approximate surface area is 122 Å². The molecule has 0 bridgehead atoms. The number of nitrogens with one attached hydrogen (secondary N) is 1. The van der Waals surface area contributed by atoms with Crippen LogP contribution in [0, 0.1) is 5.92 Å². The highest BCUT2D eigenvalue weighted by molar-refractivity contribution is 6.33. The zero-order valence-electron chi connectivity index (χ0n) is 10.8. The highest BCUT2D eigenvalue weighted by atomic mass is 35.5. The summed E-state index contributed by atoms with van der Waals surface area (Å²) in [7, 11) is 1.57. The predicted molar refractivity (Wildman–Crippen MR) is 77.6 cm³/mol. The molecule has 1 rings (SSSR count). The molecule has 2 amide bonds. The minimum atomic E-state index is -0.306. The molecule has 1 unspecified atom stereocenters. The highest BCUT2D eigenvalue weighted by Gasteiger charge is 2.18. The zero-order chi connectivity index (χ0) is 14.4. The lowest BCUT2D eigenvalue weighted by Gasteiger charge is -2.19. The summed E-state index contributed by atoms with van der Waals surface area (Å²) in [6.07, 6.45) is 0. The Morgan fingerprint density at radius 1 is 1.37 bits per heavy atom. The van der Waals surface area contributed by atoms with E-state index in [2.05, 4.69) is 5.32 Å². The van der Waals surface area contributed by atoms with E-state index < -0.39 is 0 Å². The second kappa shape index (κ2) is 7.36. The SMILES string of the molecule is CC(CCl)C(=O)N(C)CC(=O)Nc1ccccc1Cl. The lowest BCUT2D eigenvalue weighted by atomic mass is 10.2. The molecule has 0 fully saturated rings. The summed E-state index contributed by atoms with van der Waals surface area (Å²) < 4.78 is 0. The number of hydrogen-bond acceptors (Lipinski definition) is 2. The van der Waals surface area contributed by atoms with Gasteiger partial charge in [-0.3, -0.25) is 9.59 Å². The molecule has 0 radical (unpaired) electrons. The topological polar surface area (TPSA) is 49.4 Å². The van der Waals surface area contributed by atoms with Crippen LogP contribution in [-0.4, -0.2) is 36.2 Å². The average Bonchev–Trinajstić information content (AvgIpc) is 2.39. The van der Waals surface area contributed by atoms with Gasteiger partial charge in [-0.05, 0) is 12.1 Å². The molecule has 1 N–H and O–H groups in total. The first kappa shape index (κ1) is 15.8. The van der Waals surface area contributed by atoms with Crippen molar-refractivity contribution in [1.82, 2.24) is 4.90 Å². The monoisotopic (exact) mass is 302 g/mol. The van der Waals surface area contributed by atoms with E-state index in [1.54, 1.807) is 38.2 Å². The Hall–Kier alpha value is -1.26. The van der Waals surface area contributed by atoms with E-state index in [1.165, 1.54) is 4.90 Å². The van der Waals surface area contributed by atoms with Gasteiger partial charge in [0, 0.05) is 18.8 Å². The van der Waals surface area contributed by atoms with Crippen molar-refractivity contribution in [3.05, 3.63) is 29.3 Å². The van der Waals surface area contributed by atoms with Gasteiger partial charge in [-0.2, -0.15) is 0 Å². The molecule has 1 aromatic carbocycles. The minimum absolute atomic E-state index is 0.0364. The third kappa shape index (κ3) is 4.73. The molecule has 4 nitrogen and oxygen atoms in total. The molecule has 6 heteroatoms. The number of benzene rings is 1. The number of carbonyl (C=O) groups excluding carboxylic acids is 2. The third-order valence-electron chi connectivity index (χ3n) is 2.56. The molecule has 1 atom stereocenters. The van der Waals surface area contributed by atoms with E-state index in [0.717, 1.165) is 0 Å². The number of anilines is 1. The van der Waals surface area contributed by atoms with Crippen molar-refractivity contribution in [2.45, 2.75) is 6.92 Å². The Morgan fingerprint density at radius 3 is 2.58 bits per heavy atom. The van der Waals surface area contributed by atoms with Crippen molar-refractivity contribution in [2.75, 3.05) is 24.8 Å². The van der Waals surface area contributed by atoms with Crippen molar-refractivity contribution in [3.63, 3.8) is 0 Å². The van der Waals surface area contributed by atoms with Crippen LogP contribution in [0.2, 0.25) is 5.02 Å². The molecule has 0 heterocycles. The number of para-hydroxylation sites is 1. The van der Waals surface area contributed by atoms with Gasteiger partial charge in [-0.15, -0.1) is 11.6 Å². The van der Waals surface area contributed by atoms with E-state index in [1.807, 2.05) is 0 Å². The molecular weight excluding hydrogens is 287 g/mol. The van der Waals surface area contributed by atoms with Crippen LogP contribution in [-0.2, 0) is 9.59 Å². The Balaban J connectivity index is 2.56. The number of amides is 2. The number of rotatable bonds is 5. The second-order valence-electron chi connectivity index (χ2n) is 4.28. The fourth-order valence-corrected chi connectivity index (χ4v) is 1.80. The lowest BCUT2D eigenvalue weighted by molar-refractivity contribution is -0.135. The standard InChI is InChI=1S/C13H16Cl2N2O2/c1-9(7-14)13(19)17(2)8-12(18)16-11-6-4-3-5-10(11)15/h3-6,9H,7-8H2,1-2H3,(H,16,18). The normalized spacial score (nSPS) is 11.8. The fourth-order valence-electron chi connectivity index (χ4n) is 1.49. The molecule has 0 aliphatic rings. The van der Waals surface area contributed by atoms with Gasteiger partial charge in [0.15, 0.2) is 0 Å². The summed E-state index contributed by atoms with van der Waals surface area (Å²) in [5.41, 5.74) is 0.528. The van der Waals surface area contributed by atoms with Gasteiger partial charge in [-0.1, -0.05) is 30.7 Å². The molecular formula is C13H16Cl2N2O2. The van der Waals surface area contributed by atoms with Gasteiger partial charge in [0.2, 0.25) is 11.8 Å². The highest BCUT2D eigenvalue weighted by Crippen LogP contribution is 2.20. The van der Waals surface area contributed by atoms with Crippen LogP contribution < -0.4 is 5.32 Å². The van der Waals surface area contributed by atoms with Gasteiger partial charge in [-0.25, -0.2) is 0 Å². The molecule has 0 aliphatic heterocycles. The number of hydrogen-bond donors (Lipinski definition) is 1. The molecule has 0 spiro atoms. The van der Waals surface area contributed by atoms with Crippen LogP contribution in [0.15, 0.2) is 24.3 Å². The third-order valence-corrected chi connectivity index (χ3v) is 3.35. The van der Waals surface area contributed by atoms with E-state index in [9.17, 15) is 9.59 Å². The summed E-state index contributed by atoms with van der Waals surface area (Å²) in [5, 5.41) is 3.11. The fraction of sp³-hybridized carbons (Fsp3) is 0.385. The summed E-state index contributed by atoms with van der Waals surface area (Å²) in [4.78, 5) is 24.9. The summed E-state index contributed by atoms with van der Waals surface area (Å²) in [6.45, 7) is 1.68. The molecule has 0 saturated heterocycles. The summed E-state index contributed by atoms with van der Waals surface area (Å²) >= 11 is 11.5. The van der Waals surface area contributed by atoms with Gasteiger partial charge in [0.1, 0.15) is 0 Å². The number of halogens is 2. The van der Waals surface area contributed by atoms with Gasteiger partial charge in [0.05, 0.1) is 17.3 Å². The maximum atomic E-state index is 11.8. The second-order valence-corrected chi connectivity index (χ2v) is 4.99. The van der Waals surface area contributed by atoms with E-state index >= 15 is 0 Å². The van der Waals surface area contributed by atoms with Crippen LogP contribution in [0.3, 0.4) is 0 Å². The van der Waals surface area contributed by atoms with Crippen LogP contribution in [0.4, 0.5) is 5.69 Å². The van der Waals surface area contributed by atoms with Crippen LogP contribution in [0.1, 0.15) is 6.92 Å². The maximum Gasteiger partial charge on any atom is 0.244 e. The molecule has 1 aromatic rings. The molecule has 0 aliphatic carbocycles. The van der Waals surface area contributed by atoms with Crippen molar-refractivity contribution < 1.29 is 9.59 Å². The van der Waals surface area contributed by atoms with Gasteiger partial charge >= 0.3 is 0 Å². The van der Waals surface area contributed by atoms with Crippen molar-refractivity contribution in [1.29, 1.82) is 0 Å². The first-order valence-corrected chi connectivity index (χ1v) is 6.72. The Bertz CT molecular complexity index is 466. The number of carbonyl (C=O) groups is 2. The maximum absolute atomic E-state index is 11.8. The number of likely N-dealkylation sites (N-methyl/N-ethyl adjacent to an activating group) is 1. The Morgan fingerprint density at radius 2 is 2.00 bits per heavy atom. The average molecular weight is 303 g/mol.